The van der Waals surface area contributed by atoms with Crippen molar-refractivity contribution >= 4 is 31.9 Å². The second-order valence-corrected chi connectivity index (χ2v) is 5.54. The van der Waals surface area contributed by atoms with Crippen LogP contribution in [-0.4, -0.2) is 10.1 Å². The zero-order chi connectivity index (χ0) is 13.1. The Hall–Kier alpha value is -0.910. The second-order valence-electron chi connectivity index (χ2n) is 3.77. The summed E-state index contributed by atoms with van der Waals surface area (Å²) in [5, 5.41) is 9.36. The van der Waals surface area contributed by atoms with Crippen molar-refractivity contribution in [3.05, 3.63) is 51.2 Å². The van der Waals surface area contributed by atoms with Gasteiger partial charge >= 0.3 is 0 Å². The van der Waals surface area contributed by atoms with Crippen molar-refractivity contribution in [1.82, 2.24) is 4.98 Å². The van der Waals surface area contributed by atoms with Gasteiger partial charge in [-0.15, -0.1) is 0 Å². The lowest BCUT2D eigenvalue weighted by Gasteiger charge is -2.09. The zero-order valence-corrected chi connectivity index (χ0v) is 12.8. The molecule has 1 aromatic heterocycles. The third-order valence-electron chi connectivity index (χ3n) is 2.31. The van der Waals surface area contributed by atoms with E-state index in [0.29, 0.717) is 17.2 Å². The number of nitrogens with zero attached hydrogens (tertiary/aromatic N) is 1. The highest BCUT2D eigenvalue weighted by Crippen LogP contribution is 2.31. The summed E-state index contributed by atoms with van der Waals surface area (Å²) in [7, 11) is 0. The fourth-order valence-electron chi connectivity index (χ4n) is 1.38. The molecule has 18 heavy (non-hydrogen) atoms. The molecule has 0 radical (unpaired) electrons. The third-order valence-corrected chi connectivity index (χ3v) is 3.42. The molecule has 1 atom stereocenters. The van der Waals surface area contributed by atoms with Crippen LogP contribution in [0.2, 0.25) is 0 Å². The molecule has 0 aliphatic heterocycles. The first kappa shape index (κ1) is 13.5. The van der Waals surface area contributed by atoms with Gasteiger partial charge in [0.1, 0.15) is 11.5 Å². The number of hydrogen-bond donors (Lipinski definition) is 1. The van der Waals surface area contributed by atoms with Crippen molar-refractivity contribution in [3.63, 3.8) is 0 Å². The van der Waals surface area contributed by atoms with Crippen molar-refractivity contribution in [2.24, 2.45) is 0 Å². The number of hydrogen-bond acceptors (Lipinski definition) is 3. The summed E-state index contributed by atoms with van der Waals surface area (Å²) in [6.45, 7) is 1.67. The molecule has 0 amide bonds. The summed E-state index contributed by atoms with van der Waals surface area (Å²) in [5.41, 5.74) is 0.622. The van der Waals surface area contributed by atoms with E-state index in [2.05, 4.69) is 36.8 Å². The van der Waals surface area contributed by atoms with E-state index < -0.39 is 6.10 Å². The van der Waals surface area contributed by atoms with Crippen molar-refractivity contribution in [2.45, 2.75) is 13.0 Å². The summed E-state index contributed by atoms with van der Waals surface area (Å²) in [4.78, 5) is 4.12. The van der Waals surface area contributed by atoms with E-state index >= 15 is 0 Å². The molecule has 5 heteroatoms. The minimum Gasteiger partial charge on any atom is -0.455 e. The van der Waals surface area contributed by atoms with E-state index in [0.717, 1.165) is 8.95 Å². The van der Waals surface area contributed by atoms with Crippen molar-refractivity contribution in [1.29, 1.82) is 0 Å². The fourth-order valence-corrected chi connectivity index (χ4v) is 2.51. The Labute approximate surface area is 122 Å². The van der Waals surface area contributed by atoms with Crippen LogP contribution in [0.3, 0.4) is 0 Å². The smallest absolute Gasteiger partial charge is 0.145 e. The average Bonchev–Trinajstić information content (AvgIpc) is 2.33. The first-order valence-corrected chi connectivity index (χ1v) is 6.92. The number of halogens is 2. The van der Waals surface area contributed by atoms with Crippen LogP contribution in [0.5, 0.6) is 11.5 Å². The molecule has 0 fully saturated rings. The SMILES string of the molecule is C[C@@H](O)c1ccc(Oc2ccc(Br)cc2Br)cn1. The molecule has 3 nitrogen and oxygen atoms in total. The Morgan fingerprint density at radius 1 is 1.22 bits per heavy atom. The van der Waals surface area contributed by atoms with Crippen molar-refractivity contribution in [2.75, 3.05) is 0 Å². The van der Waals surface area contributed by atoms with Gasteiger partial charge in [-0.05, 0) is 53.2 Å². The summed E-state index contributed by atoms with van der Waals surface area (Å²) in [6, 6.07) is 9.19. The Kier molecular flexibility index (Phi) is 4.37. The van der Waals surface area contributed by atoms with Crippen molar-refractivity contribution in [3.8, 4) is 11.5 Å². The van der Waals surface area contributed by atoms with Gasteiger partial charge in [-0.2, -0.15) is 0 Å². The average molecular weight is 373 g/mol. The van der Waals surface area contributed by atoms with Crippen LogP contribution in [0.15, 0.2) is 45.5 Å². The lowest BCUT2D eigenvalue weighted by Crippen LogP contribution is -1.95. The molecule has 0 saturated carbocycles. The molecule has 1 aromatic carbocycles. The minimum atomic E-state index is -0.571. The summed E-state index contributed by atoms with van der Waals surface area (Å²) >= 11 is 6.81. The number of aromatic nitrogens is 1. The van der Waals surface area contributed by atoms with Crippen LogP contribution >= 0.6 is 31.9 Å². The topological polar surface area (TPSA) is 42.4 Å². The van der Waals surface area contributed by atoms with Crippen LogP contribution in [0.4, 0.5) is 0 Å². The van der Waals surface area contributed by atoms with Gasteiger partial charge in [0.15, 0.2) is 0 Å². The van der Waals surface area contributed by atoms with Gasteiger partial charge in [0.25, 0.3) is 0 Å². The number of rotatable bonds is 3. The van der Waals surface area contributed by atoms with Gasteiger partial charge in [0, 0.05) is 4.47 Å². The van der Waals surface area contributed by atoms with Crippen LogP contribution in [0.25, 0.3) is 0 Å². The normalized spacial score (nSPS) is 12.2. The number of benzene rings is 1. The van der Waals surface area contributed by atoms with E-state index in [1.165, 1.54) is 0 Å². The van der Waals surface area contributed by atoms with E-state index in [-0.39, 0.29) is 0 Å². The first-order valence-electron chi connectivity index (χ1n) is 5.33. The maximum atomic E-state index is 9.36. The highest BCUT2D eigenvalue weighted by Gasteiger charge is 2.05. The maximum Gasteiger partial charge on any atom is 0.145 e. The van der Waals surface area contributed by atoms with Gasteiger partial charge in [-0.25, -0.2) is 0 Å². The van der Waals surface area contributed by atoms with E-state index in [4.69, 9.17) is 4.74 Å². The number of ether oxygens (including phenoxy) is 1. The van der Waals surface area contributed by atoms with Crippen LogP contribution in [-0.2, 0) is 0 Å². The molecule has 2 aromatic rings. The van der Waals surface area contributed by atoms with Crippen molar-refractivity contribution < 1.29 is 9.84 Å². The summed E-state index contributed by atoms with van der Waals surface area (Å²) in [5.74, 6) is 1.34. The predicted octanol–water partition coefficient (Wildman–Crippen LogP) is 4.45. The minimum absolute atomic E-state index is 0.571. The summed E-state index contributed by atoms with van der Waals surface area (Å²) < 4.78 is 7.52. The fraction of sp³-hybridized carbons (Fsp3) is 0.154. The van der Waals surface area contributed by atoms with Gasteiger partial charge in [-0.3, -0.25) is 4.98 Å². The van der Waals surface area contributed by atoms with E-state index in [1.54, 1.807) is 25.3 Å². The molecular weight excluding hydrogens is 362 g/mol. The number of aliphatic hydroxyl groups is 1. The van der Waals surface area contributed by atoms with Gasteiger partial charge < -0.3 is 9.84 Å². The molecule has 0 aliphatic rings. The molecule has 1 N–H and O–H groups in total. The molecule has 2 rings (SSSR count). The molecule has 0 bridgehead atoms. The Morgan fingerprint density at radius 3 is 2.56 bits per heavy atom. The quantitative estimate of drug-likeness (QED) is 0.865. The zero-order valence-electron chi connectivity index (χ0n) is 9.60. The van der Waals surface area contributed by atoms with E-state index in [9.17, 15) is 5.11 Å². The molecule has 0 aliphatic carbocycles. The first-order chi connectivity index (χ1) is 8.56. The number of aliphatic hydroxyl groups excluding tert-OH is 1. The van der Waals surface area contributed by atoms with Crippen LogP contribution < -0.4 is 4.74 Å². The van der Waals surface area contributed by atoms with Gasteiger partial charge in [0.05, 0.1) is 22.5 Å². The molecular formula is C13H11Br2NO2. The molecule has 0 unspecified atom stereocenters. The highest BCUT2D eigenvalue weighted by molar-refractivity contribution is 9.11. The maximum absolute atomic E-state index is 9.36. The highest BCUT2D eigenvalue weighted by atomic mass is 79.9. The van der Waals surface area contributed by atoms with Gasteiger partial charge in [-0.1, -0.05) is 15.9 Å². The van der Waals surface area contributed by atoms with Crippen LogP contribution in [0, 0.1) is 0 Å². The standard InChI is InChI=1S/C13H11Br2NO2/c1-8(17)12-4-3-10(7-16-12)18-13-5-2-9(14)6-11(13)15/h2-8,17H,1H3/t8-/m1/s1. The molecule has 94 valence electrons. The lowest BCUT2D eigenvalue weighted by atomic mass is 10.2. The summed E-state index contributed by atoms with van der Waals surface area (Å²) in [6.07, 6.45) is 1.02. The lowest BCUT2D eigenvalue weighted by molar-refractivity contribution is 0.194. The Bertz CT molecular complexity index is 541. The number of pyridine rings is 1. The molecule has 1 heterocycles. The Morgan fingerprint density at radius 2 is 2.00 bits per heavy atom. The molecule has 0 saturated heterocycles. The van der Waals surface area contributed by atoms with Crippen LogP contribution in [0.1, 0.15) is 18.7 Å². The molecule has 0 spiro atoms. The predicted molar refractivity (Wildman–Crippen MR) is 76.8 cm³/mol. The monoisotopic (exact) mass is 371 g/mol. The second kappa shape index (κ2) is 5.82. The Balaban J connectivity index is 2.18. The largest absolute Gasteiger partial charge is 0.455 e. The third kappa shape index (κ3) is 3.31. The van der Waals surface area contributed by atoms with E-state index in [1.807, 2.05) is 18.2 Å². The van der Waals surface area contributed by atoms with Gasteiger partial charge in [0.2, 0.25) is 0 Å².